The van der Waals surface area contributed by atoms with Crippen LogP contribution in [0.4, 0.5) is 4.39 Å². The molecule has 0 saturated carbocycles. The summed E-state index contributed by atoms with van der Waals surface area (Å²) in [5.41, 5.74) is 4.11. The second kappa shape index (κ2) is 6.95. The van der Waals surface area contributed by atoms with Gasteiger partial charge >= 0.3 is 0 Å². The summed E-state index contributed by atoms with van der Waals surface area (Å²) in [6, 6.07) is 11.1. The average molecular weight is 307 g/mol. The van der Waals surface area contributed by atoms with Gasteiger partial charge in [0.2, 0.25) is 0 Å². The summed E-state index contributed by atoms with van der Waals surface area (Å²) in [7, 11) is 1.66. The highest BCUT2D eigenvalue weighted by Crippen LogP contribution is 2.32. The first-order valence-corrected chi connectivity index (χ1v) is 7.48. The molecule has 2 aromatic carbocycles. The summed E-state index contributed by atoms with van der Waals surface area (Å²) >= 11 is 6.53. The molecule has 3 heteroatoms. The Labute approximate surface area is 130 Å². The molecule has 1 unspecified atom stereocenters. The van der Waals surface area contributed by atoms with E-state index in [1.54, 1.807) is 19.2 Å². The third kappa shape index (κ3) is 3.98. The zero-order valence-electron chi connectivity index (χ0n) is 12.6. The van der Waals surface area contributed by atoms with Crippen LogP contribution in [0.3, 0.4) is 0 Å². The zero-order valence-corrected chi connectivity index (χ0v) is 13.4. The summed E-state index contributed by atoms with van der Waals surface area (Å²) in [6.07, 6.45) is 1.70. The first-order valence-electron chi connectivity index (χ1n) is 7.05. The van der Waals surface area contributed by atoms with Crippen LogP contribution in [0, 0.1) is 19.7 Å². The Morgan fingerprint density at radius 2 is 1.67 bits per heavy atom. The second-order valence-corrected chi connectivity index (χ2v) is 5.83. The zero-order chi connectivity index (χ0) is 15.4. The van der Waals surface area contributed by atoms with Gasteiger partial charge < -0.3 is 4.74 Å². The Morgan fingerprint density at radius 1 is 1.10 bits per heavy atom. The van der Waals surface area contributed by atoms with E-state index in [1.807, 2.05) is 38.1 Å². The number of hydrogen-bond donors (Lipinski definition) is 0. The summed E-state index contributed by atoms with van der Waals surface area (Å²) in [4.78, 5) is 0. The molecule has 2 rings (SSSR count). The van der Waals surface area contributed by atoms with E-state index in [4.69, 9.17) is 16.3 Å². The van der Waals surface area contributed by atoms with Crippen molar-refractivity contribution in [2.45, 2.75) is 32.1 Å². The summed E-state index contributed by atoms with van der Waals surface area (Å²) < 4.78 is 18.5. The van der Waals surface area contributed by atoms with Crippen LogP contribution >= 0.6 is 11.6 Å². The standard InChI is InChI=1S/C18H20ClFO/c1-12-10-15(20)11-13(2)18(12)17(19)9-6-14-4-7-16(21-3)8-5-14/h4-5,7-8,10-11,17H,6,9H2,1-3H3. The van der Waals surface area contributed by atoms with E-state index < -0.39 is 0 Å². The van der Waals surface area contributed by atoms with Crippen molar-refractivity contribution in [3.05, 3.63) is 64.5 Å². The van der Waals surface area contributed by atoms with Gasteiger partial charge in [0.15, 0.2) is 0 Å². The van der Waals surface area contributed by atoms with Crippen molar-refractivity contribution in [1.29, 1.82) is 0 Å². The van der Waals surface area contributed by atoms with Gasteiger partial charge in [-0.05, 0) is 73.2 Å². The van der Waals surface area contributed by atoms with Crippen molar-refractivity contribution < 1.29 is 9.13 Å². The van der Waals surface area contributed by atoms with Crippen molar-refractivity contribution in [3.8, 4) is 5.75 Å². The largest absolute Gasteiger partial charge is 0.497 e. The molecule has 0 bridgehead atoms. The van der Waals surface area contributed by atoms with E-state index in [-0.39, 0.29) is 11.2 Å². The normalized spacial score (nSPS) is 12.2. The van der Waals surface area contributed by atoms with E-state index in [9.17, 15) is 4.39 Å². The minimum absolute atomic E-state index is 0.104. The Morgan fingerprint density at radius 3 is 2.19 bits per heavy atom. The molecule has 1 atom stereocenters. The number of halogens is 2. The fourth-order valence-electron chi connectivity index (χ4n) is 2.65. The smallest absolute Gasteiger partial charge is 0.123 e. The van der Waals surface area contributed by atoms with E-state index in [2.05, 4.69) is 0 Å². The van der Waals surface area contributed by atoms with Gasteiger partial charge in [0.05, 0.1) is 12.5 Å². The highest BCUT2D eigenvalue weighted by atomic mass is 35.5. The maximum Gasteiger partial charge on any atom is 0.123 e. The molecule has 0 aliphatic heterocycles. The molecule has 0 radical (unpaired) electrons. The van der Waals surface area contributed by atoms with Crippen LogP contribution in [-0.4, -0.2) is 7.11 Å². The molecule has 0 saturated heterocycles. The maximum atomic E-state index is 13.3. The van der Waals surface area contributed by atoms with E-state index in [1.165, 1.54) is 5.56 Å². The molecule has 1 nitrogen and oxygen atoms in total. The molecule has 0 fully saturated rings. The lowest BCUT2D eigenvalue weighted by Gasteiger charge is -2.16. The molecule has 0 aliphatic carbocycles. The molecule has 2 aromatic rings. The Bertz CT molecular complexity index is 584. The molecule has 0 heterocycles. The van der Waals surface area contributed by atoms with Crippen LogP contribution in [0.5, 0.6) is 5.75 Å². The molecular formula is C18H20ClFO. The Hall–Kier alpha value is -1.54. The first kappa shape index (κ1) is 15.8. The number of rotatable bonds is 5. The minimum atomic E-state index is -0.201. The lowest BCUT2D eigenvalue weighted by Crippen LogP contribution is -2.01. The van der Waals surface area contributed by atoms with Crippen molar-refractivity contribution in [2.75, 3.05) is 7.11 Å². The van der Waals surface area contributed by atoms with Crippen molar-refractivity contribution in [1.82, 2.24) is 0 Å². The van der Waals surface area contributed by atoms with Gasteiger partial charge in [-0.2, -0.15) is 0 Å². The fraction of sp³-hybridized carbons (Fsp3) is 0.333. The second-order valence-electron chi connectivity index (χ2n) is 5.31. The van der Waals surface area contributed by atoms with E-state index >= 15 is 0 Å². The van der Waals surface area contributed by atoms with Crippen LogP contribution in [0.25, 0.3) is 0 Å². The first-order chi connectivity index (χ1) is 10.0. The quantitative estimate of drug-likeness (QED) is 0.675. The topological polar surface area (TPSA) is 9.23 Å². The molecule has 0 aromatic heterocycles. The third-order valence-electron chi connectivity index (χ3n) is 3.72. The van der Waals surface area contributed by atoms with Crippen molar-refractivity contribution >= 4 is 11.6 Å². The molecule has 21 heavy (non-hydrogen) atoms. The van der Waals surface area contributed by atoms with Gasteiger partial charge in [-0.25, -0.2) is 4.39 Å². The molecule has 0 aliphatic rings. The monoisotopic (exact) mass is 306 g/mol. The minimum Gasteiger partial charge on any atom is -0.497 e. The van der Waals surface area contributed by atoms with Crippen LogP contribution in [0.1, 0.15) is 34.1 Å². The predicted octanol–water partition coefficient (Wildman–Crippen LogP) is 5.36. The summed E-state index contributed by atoms with van der Waals surface area (Å²) in [5, 5.41) is -0.104. The fourth-order valence-corrected chi connectivity index (χ4v) is 3.10. The van der Waals surface area contributed by atoms with Gasteiger partial charge in [-0.1, -0.05) is 12.1 Å². The van der Waals surface area contributed by atoms with Crippen molar-refractivity contribution in [2.24, 2.45) is 0 Å². The predicted molar refractivity (Wildman–Crippen MR) is 85.8 cm³/mol. The lowest BCUT2D eigenvalue weighted by molar-refractivity contribution is 0.414. The molecular weight excluding hydrogens is 287 g/mol. The highest BCUT2D eigenvalue weighted by molar-refractivity contribution is 6.21. The Kier molecular flexibility index (Phi) is 5.24. The summed E-state index contributed by atoms with van der Waals surface area (Å²) in [5.74, 6) is 0.652. The number of hydrogen-bond acceptors (Lipinski definition) is 1. The van der Waals surface area contributed by atoms with Crippen molar-refractivity contribution in [3.63, 3.8) is 0 Å². The van der Waals surface area contributed by atoms with Crippen LogP contribution in [0.2, 0.25) is 0 Å². The summed E-state index contributed by atoms with van der Waals surface area (Å²) in [6.45, 7) is 3.82. The molecule has 0 N–H and O–H groups in total. The number of methoxy groups -OCH3 is 1. The SMILES string of the molecule is COc1ccc(CCC(Cl)c2c(C)cc(F)cc2C)cc1. The van der Waals surface area contributed by atoms with Gasteiger partial charge in [-0.3, -0.25) is 0 Å². The Balaban J connectivity index is 2.06. The highest BCUT2D eigenvalue weighted by Gasteiger charge is 2.14. The number of aryl methyl sites for hydroxylation is 3. The number of benzene rings is 2. The van der Waals surface area contributed by atoms with Crippen LogP contribution < -0.4 is 4.74 Å². The average Bonchev–Trinajstić information content (AvgIpc) is 2.44. The maximum absolute atomic E-state index is 13.3. The third-order valence-corrected chi connectivity index (χ3v) is 4.15. The number of ether oxygens (including phenoxy) is 1. The molecule has 0 spiro atoms. The van der Waals surface area contributed by atoms with Gasteiger partial charge in [-0.15, -0.1) is 11.6 Å². The van der Waals surface area contributed by atoms with Crippen LogP contribution in [-0.2, 0) is 6.42 Å². The van der Waals surface area contributed by atoms with Gasteiger partial charge in [0.1, 0.15) is 11.6 Å². The number of alkyl halides is 1. The van der Waals surface area contributed by atoms with Gasteiger partial charge in [0.25, 0.3) is 0 Å². The van der Waals surface area contributed by atoms with Gasteiger partial charge in [0, 0.05) is 0 Å². The molecule has 0 amide bonds. The van der Waals surface area contributed by atoms with E-state index in [0.29, 0.717) is 0 Å². The lowest BCUT2D eigenvalue weighted by atomic mass is 9.96. The molecule has 112 valence electrons. The van der Waals surface area contributed by atoms with E-state index in [0.717, 1.165) is 35.3 Å². The van der Waals surface area contributed by atoms with Crippen LogP contribution in [0.15, 0.2) is 36.4 Å².